The fourth-order valence-corrected chi connectivity index (χ4v) is 1.40. The molecular formula is C10H8BrO4-. The van der Waals surface area contributed by atoms with Gasteiger partial charge in [-0.25, -0.2) is 0 Å². The molecule has 0 spiro atoms. The van der Waals surface area contributed by atoms with Gasteiger partial charge in [-0.1, -0.05) is 15.9 Å². The molecular weight excluding hydrogens is 264 g/mol. The molecule has 0 atom stereocenters. The first-order valence-electron chi connectivity index (χ1n) is 4.14. The second-order valence-corrected chi connectivity index (χ2v) is 3.77. The lowest BCUT2D eigenvalue weighted by atomic mass is 10.1. The van der Waals surface area contributed by atoms with Crippen molar-refractivity contribution in [2.75, 3.05) is 6.61 Å². The first kappa shape index (κ1) is 11.7. The molecule has 4 nitrogen and oxygen atoms in total. The zero-order valence-corrected chi connectivity index (χ0v) is 9.54. The third kappa shape index (κ3) is 3.36. The van der Waals surface area contributed by atoms with Crippen LogP contribution >= 0.6 is 15.9 Å². The lowest BCUT2D eigenvalue weighted by Crippen LogP contribution is -2.29. The van der Waals surface area contributed by atoms with E-state index in [0.29, 0.717) is 5.56 Å². The van der Waals surface area contributed by atoms with Gasteiger partial charge in [0.1, 0.15) is 12.4 Å². The molecule has 0 radical (unpaired) electrons. The van der Waals surface area contributed by atoms with Crippen LogP contribution in [0.15, 0.2) is 22.7 Å². The van der Waals surface area contributed by atoms with Crippen molar-refractivity contribution >= 4 is 27.7 Å². The molecule has 0 heterocycles. The van der Waals surface area contributed by atoms with Crippen molar-refractivity contribution in [2.45, 2.75) is 6.92 Å². The van der Waals surface area contributed by atoms with Crippen molar-refractivity contribution in [2.24, 2.45) is 0 Å². The van der Waals surface area contributed by atoms with Crippen molar-refractivity contribution in [3.05, 3.63) is 28.2 Å². The van der Waals surface area contributed by atoms with Crippen LogP contribution in [0.4, 0.5) is 0 Å². The first-order valence-corrected chi connectivity index (χ1v) is 4.93. The van der Waals surface area contributed by atoms with Gasteiger partial charge in [-0.05, 0) is 25.1 Å². The van der Waals surface area contributed by atoms with E-state index in [0.717, 1.165) is 4.47 Å². The Kier molecular flexibility index (Phi) is 3.85. The summed E-state index contributed by atoms with van der Waals surface area (Å²) in [7, 11) is 0. The van der Waals surface area contributed by atoms with E-state index >= 15 is 0 Å². The highest BCUT2D eigenvalue weighted by molar-refractivity contribution is 9.10. The summed E-state index contributed by atoms with van der Waals surface area (Å²) in [5.41, 5.74) is 0.339. The molecule has 80 valence electrons. The molecule has 0 N–H and O–H groups in total. The van der Waals surface area contributed by atoms with E-state index < -0.39 is 12.6 Å². The van der Waals surface area contributed by atoms with E-state index in [1.807, 2.05) is 0 Å². The Labute approximate surface area is 95.0 Å². The van der Waals surface area contributed by atoms with Gasteiger partial charge in [0, 0.05) is 4.47 Å². The van der Waals surface area contributed by atoms with Crippen LogP contribution in [0.1, 0.15) is 17.3 Å². The van der Waals surface area contributed by atoms with Gasteiger partial charge in [-0.2, -0.15) is 0 Å². The number of ether oxygens (including phenoxy) is 1. The molecule has 0 aromatic heterocycles. The average molecular weight is 272 g/mol. The Bertz CT molecular complexity index is 400. The SMILES string of the molecule is CC(=O)c1cc(Br)ccc1OCC(=O)[O-]. The minimum Gasteiger partial charge on any atom is -0.546 e. The summed E-state index contributed by atoms with van der Waals surface area (Å²) in [5, 5.41) is 10.2. The van der Waals surface area contributed by atoms with Gasteiger partial charge >= 0.3 is 0 Å². The molecule has 0 saturated heterocycles. The average Bonchev–Trinajstić information content (AvgIpc) is 2.15. The predicted octanol–water partition coefficient (Wildman–Crippen LogP) is 0.780. The number of benzene rings is 1. The van der Waals surface area contributed by atoms with Crippen molar-refractivity contribution < 1.29 is 19.4 Å². The summed E-state index contributed by atoms with van der Waals surface area (Å²) < 4.78 is 5.64. The Hall–Kier alpha value is -1.36. The maximum atomic E-state index is 11.2. The summed E-state index contributed by atoms with van der Waals surface area (Å²) in [5.74, 6) is -1.27. The number of aliphatic carboxylic acids is 1. The molecule has 0 unspecified atom stereocenters. The number of hydrogen-bond acceptors (Lipinski definition) is 4. The second kappa shape index (κ2) is 4.93. The Morgan fingerprint density at radius 2 is 2.13 bits per heavy atom. The van der Waals surface area contributed by atoms with Crippen LogP contribution in [-0.2, 0) is 4.79 Å². The van der Waals surface area contributed by atoms with Gasteiger partial charge in [0.15, 0.2) is 5.78 Å². The lowest BCUT2D eigenvalue weighted by Gasteiger charge is -2.10. The smallest absolute Gasteiger partial charge is 0.163 e. The largest absolute Gasteiger partial charge is 0.546 e. The number of carboxylic acids is 1. The molecule has 15 heavy (non-hydrogen) atoms. The molecule has 0 amide bonds. The first-order chi connectivity index (χ1) is 7.00. The van der Waals surface area contributed by atoms with Crippen molar-refractivity contribution in [1.82, 2.24) is 0 Å². The number of carboxylic acid groups (broad SMARTS) is 1. The number of rotatable bonds is 4. The van der Waals surface area contributed by atoms with E-state index in [1.54, 1.807) is 12.1 Å². The van der Waals surface area contributed by atoms with E-state index in [2.05, 4.69) is 15.9 Å². The number of carbonyl (C=O) groups is 2. The number of halogens is 1. The normalized spacial score (nSPS) is 9.73. The van der Waals surface area contributed by atoms with Gasteiger partial charge < -0.3 is 14.6 Å². The van der Waals surface area contributed by atoms with Crippen molar-refractivity contribution in [3.63, 3.8) is 0 Å². The molecule has 0 saturated carbocycles. The second-order valence-electron chi connectivity index (χ2n) is 2.86. The van der Waals surface area contributed by atoms with Gasteiger partial charge in [0.25, 0.3) is 0 Å². The monoisotopic (exact) mass is 271 g/mol. The molecule has 0 aliphatic heterocycles. The van der Waals surface area contributed by atoms with E-state index in [-0.39, 0.29) is 11.5 Å². The van der Waals surface area contributed by atoms with Crippen LogP contribution in [0.2, 0.25) is 0 Å². The van der Waals surface area contributed by atoms with Crippen LogP contribution in [0.25, 0.3) is 0 Å². The maximum Gasteiger partial charge on any atom is 0.163 e. The van der Waals surface area contributed by atoms with Crippen LogP contribution in [0, 0.1) is 0 Å². The van der Waals surface area contributed by atoms with Crippen LogP contribution < -0.4 is 9.84 Å². The summed E-state index contributed by atoms with van der Waals surface area (Å²) in [6, 6.07) is 4.77. The molecule has 0 aliphatic rings. The number of hydrogen-bond donors (Lipinski definition) is 0. The maximum absolute atomic E-state index is 11.2. The van der Waals surface area contributed by atoms with Gasteiger partial charge in [-0.3, -0.25) is 4.79 Å². The lowest BCUT2D eigenvalue weighted by molar-refractivity contribution is -0.307. The summed E-state index contributed by atoms with van der Waals surface area (Å²) in [4.78, 5) is 21.4. The molecule has 1 aromatic carbocycles. The highest BCUT2D eigenvalue weighted by Gasteiger charge is 2.08. The number of carbonyl (C=O) groups excluding carboxylic acids is 2. The van der Waals surface area contributed by atoms with E-state index in [4.69, 9.17) is 4.74 Å². The highest BCUT2D eigenvalue weighted by Crippen LogP contribution is 2.23. The summed E-state index contributed by atoms with van der Waals surface area (Å²) in [6.07, 6.45) is 0. The summed E-state index contributed by atoms with van der Waals surface area (Å²) >= 11 is 3.21. The van der Waals surface area contributed by atoms with Gasteiger partial charge in [0.05, 0.1) is 11.5 Å². The van der Waals surface area contributed by atoms with E-state index in [9.17, 15) is 14.7 Å². The Morgan fingerprint density at radius 1 is 1.47 bits per heavy atom. The van der Waals surface area contributed by atoms with Crippen molar-refractivity contribution in [3.8, 4) is 5.75 Å². The molecule has 1 aromatic rings. The standard InChI is InChI=1S/C10H9BrO4/c1-6(12)8-4-7(11)2-3-9(8)15-5-10(13)14/h2-4H,5H2,1H3,(H,13,14)/p-1. The fraction of sp³-hybridized carbons (Fsp3) is 0.200. The molecule has 0 bridgehead atoms. The zero-order valence-electron chi connectivity index (χ0n) is 7.95. The Morgan fingerprint density at radius 3 is 2.67 bits per heavy atom. The molecule has 0 aliphatic carbocycles. The van der Waals surface area contributed by atoms with Crippen molar-refractivity contribution in [1.29, 1.82) is 0 Å². The zero-order chi connectivity index (χ0) is 11.4. The van der Waals surface area contributed by atoms with E-state index in [1.165, 1.54) is 13.0 Å². The van der Waals surface area contributed by atoms with Crippen LogP contribution in [-0.4, -0.2) is 18.4 Å². The van der Waals surface area contributed by atoms with Gasteiger partial charge in [-0.15, -0.1) is 0 Å². The third-order valence-corrected chi connectivity index (χ3v) is 2.16. The fourth-order valence-electron chi connectivity index (χ4n) is 1.04. The minimum atomic E-state index is -1.33. The quantitative estimate of drug-likeness (QED) is 0.760. The number of ketones is 1. The predicted molar refractivity (Wildman–Crippen MR) is 54.6 cm³/mol. The summed E-state index contributed by atoms with van der Waals surface area (Å²) in [6.45, 7) is 0.815. The topological polar surface area (TPSA) is 66.4 Å². The van der Waals surface area contributed by atoms with Crippen LogP contribution in [0.3, 0.4) is 0 Å². The third-order valence-electron chi connectivity index (χ3n) is 1.67. The molecule has 1 rings (SSSR count). The minimum absolute atomic E-state index is 0.190. The molecule has 0 fully saturated rings. The highest BCUT2D eigenvalue weighted by atomic mass is 79.9. The molecule has 5 heteroatoms. The van der Waals surface area contributed by atoms with Crippen LogP contribution in [0.5, 0.6) is 5.75 Å². The number of Topliss-reactive ketones (excluding diaryl/α,β-unsaturated/α-hetero) is 1. The Balaban J connectivity index is 2.95. The van der Waals surface area contributed by atoms with Gasteiger partial charge in [0.2, 0.25) is 0 Å².